The van der Waals surface area contributed by atoms with Crippen molar-refractivity contribution in [1.29, 1.82) is 0 Å². The molecule has 0 radical (unpaired) electrons. The molecule has 1 aromatic carbocycles. The lowest BCUT2D eigenvalue weighted by Crippen LogP contribution is -2.41. The molecule has 1 aliphatic heterocycles. The van der Waals surface area contributed by atoms with E-state index in [1.165, 1.54) is 0 Å². The Bertz CT molecular complexity index is 769. The number of carbonyl (C=O) groups is 1. The van der Waals surface area contributed by atoms with Crippen LogP contribution < -0.4 is 16.0 Å². The molecule has 0 spiro atoms. The molecule has 3 rings (SSSR count). The molecule has 0 saturated carbocycles. The summed E-state index contributed by atoms with van der Waals surface area (Å²) in [4.78, 5) is 16.8. The van der Waals surface area contributed by atoms with Gasteiger partial charge in [-0.1, -0.05) is 12.1 Å². The number of ether oxygens (including phenoxy) is 1. The maximum Gasteiger partial charge on any atom is 0.246 e. The van der Waals surface area contributed by atoms with Crippen LogP contribution in [-0.4, -0.2) is 47.4 Å². The number of carbonyl (C=O) groups excluding carboxylic acids is 1. The Balaban J connectivity index is 1.53. The summed E-state index contributed by atoms with van der Waals surface area (Å²) in [5, 5.41) is 13.5. The summed E-state index contributed by atoms with van der Waals surface area (Å²) in [6.07, 6.45) is 5.89. The fourth-order valence-electron chi connectivity index (χ4n) is 3.02. The molecule has 1 amide bonds. The van der Waals surface area contributed by atoms with Crippen molar-refractivity contribution in [3.05, 3.63) is 48.3 Å². The van der Waals surface area contributed by atoms with Crippen LogP contribution in [0.25, 0.3) is 0 Å². The first kappa shape index (κ1) is 19.9. The van der Waals surface area contributed by atoms with E-state index in [-0.39, 0.29) is 18.6 Å². The molecule has 2 heterocycles. The Labute approximate surface area is 165 Å². The molecule has 150 valence electrons. The van der Waals surface area contributed by atoms with Crippen molar-refractivity contribution in [2.24, 2.45) is 4.99 Å². The Morgan fingerprint density at radius 2 is 2.29 bits per heavy atom. The van der Waals surface area contributed by atoms with Crippen LogP contribution in [0.15, 0.2) is 47.7 Å². The first-order chi connectivity index (χ1) is 13.7. The molecule has 1 aliphatic rings. The van der Waals surface area contributed by atoms with Gasteiger partial charge in [0.15, 0.2) is 5.96 Å². The third-order valence-electron chi connectivity index (χ3n) is 4.36. The second kappa shape index (κ2) is 10.5. The molecule has 1 atom stereocenters. The number of aliphatic imine (C=N–C) groups is 1. The summed E-state index contributed by atoms with van der Waals surface area (Å²) >= 11 is 0. The van der Waals surface area contributed by atoms with Gasteiger partial charge in [0.25, 0.3) is 0 Å². The van der Waals surface area contributed by atoms with Crippen LogP contribution in [-0.2, 0) is 22.6 Å². The zero-order valence-corrected chi connectivity index (χ0v) is 16.2. The van der Waals surface area contributed by atoms with E-state index in [2.05, 4.69) is 26.0 Å². The summed E-state index contributed by atoms with van der Waals surface area (Å²) in [6.45, 7) is 5.14. The molecular formula is C20H28N6O2. The van der Waals surface area contributed by atoms with Gasteiger partial charge in [0.05, 0.1) is 12.6 Å². The lowest BCUT2D eigenvalue weighted by atomic mass is 10.2. The van der Waals surface area contributed by atoms with Gasteiger partial charge < -0.3 is 20.7 Å². The third kappa shape index (κ3) is 6.38. The number of hydrogen-bond donors (Lipinski definition) is 3. The minimum Gasteiger partial charge on any atom is -0.376 e. The maximum absolute atomic E-state index is 12.1. The number of nitrogens with one attached hydrogen (secondary N) is 3. The molecular weight excluding hydrogens is 356 g/mol. The number of benzene rings is 1. The first-order valence-electron chi connectivity index (χ1n) is 9.73. The number of nitrogens with zero attached hydrogens (tertiary/aromatic N) is 3. The summed E-state index contributed by atoms with van der Waals surface area (Å²) in [7, 11) is 0. The van der Waals surface area contributed by atoms with Crippen molar-refractivity contribution in [2.45, 2.75) is 39.0 Å². The Hall–Kier alpha value is -2.87. The molecule has 2 aromatic rings. The average molecular weight is 384 g/mol. The Morgan fingerprint density at radius 3 is 3.04 bits per heavy atom. The molecule has 1 aromatic heterocycles. The van der Waals surface area contributed by atoms with Crippen LogP contribution in [0.4, 0.5) is 5.69 Å². The second-order valence-corrected chi connectivity index (χ2v) is 6.66. The van der Waals surface area contributed by atoms with E-state index in [9.17, 15) is 4.79 Å². The lowest BCUT2D eigenvalue weighted by Gasteiger charge is -2.15. The molecule has 1 unspecified atom stereocenters. The number of rotatable bonds is 8. The molecule has 1 fully saturated rings. The van der Waals surface area contributed by atoms with Crippen molar-refractivity contribution in [3.8, 4) is 0 Å². The Morgan fingerprint density at radius 1 is 1.36 bits per heavy atom. The summed E-state index contributed by atoms with van der Waals surface area (Å²) in [6, 6.07) is 9.52. The van der Waals surface area contributed by atoms with Gasteiger partial charge in [0.2, 0.25) is 5.91 Å². The van der Waals surface area contributed by atoms with Crippen LogP contribution in [0.3, 0.4) is 0 Å². The molecule has 3 N–H and O–H groups in total. The van der Waals surface area contributed by atoms with Crippen molar-refractivity contribution in [1.82, 2.24) is 20.4 Å². The second-order valence-electron chi connectivity index (χ2n) is 6.66. The number of aromatic nitrogens is 2. The molecule has 0 aliphatic carbocycles. The van der Waals surface area contributed by atoms with E-state index in [1.54, 1.807) is 23.1 Å². The van der Waals surface area contributed by atoms with E-state index >= 15 is 0 Å². The van der Waals surface area contributed by atoms with Gasteiger partial charge in [-0.15, -0.1) is 0 Å². The first-order valence-corrected chi connectivity index (χ1v) is 9.73. The number of guanidine groups is 1. The number of hydrogen-bond acceptors (Lipinski definition) is 4. The van der Waals surface area contributed by atoms with Crippen LogP contribution >= 0.6 is 0 Å². The van der Waals surface area contributed by atoms with Gasteiger partial charge in [0, 0.05) is 37.8 Å². The molecule has 8 nitrogen and oxygen atoms in total. The zero-order chi connectivity index (χ0) is 19.6. The van der Waals surface area contributed by atoms with Crippen LogP contribution in [0.5, 0.6) is 0 Å². The van der Waals surface area contributed by atoms with Gasteiger partial charge in [-0.2, -0.15) is 5.10 Å². The van der Waals surface area contributed by atoms with E-state index in [1.807, 2.05) is 31.2 Å². The summed E-state index contributed by atoms with van der Waals surface area (Å²) < 4.78 is 7.23. The minimum atomic E-state index is -0.115. The highest BCUT2D eigenvalue weighted by Crippen LogP contribution is 2.12. The van der Waals surface area contributed by atoms with Crippen LogP contribution in [0.2, 0.25) is 0 Å². The van der Waals surface area contributed by atoms with Crippen molar-refractivity contribution in [3.63, 3.8) is 0 Å². The SMILES string of the molecule is CCNC(=NCc1cccc(NC(=O)Cn2cccn2)c1)NCC1CCCO1. The van der Waals surface area contributed by atoms with Gasteiger partial charge in [-0.25, -0.2) is 4.99 Å². The van der Waals surface area contributed by atoms with E-state index in [4.69, 9.17) is 4.74 Å². The van der Waals surface area contributed by atoms with Crippen molar-refractivity contribution in [2.75, 3.05) is 25.0 Å². The number of amides is 1. The summed E-state index contributed by atoms with van der Waals surface area (Å²) in [5.74, 6) is 0.655. The standard InChI is InChI=1S/C20H28N6O2/c1-2-21-20(23-14-18-8-4-11-28-18)22-13-16-6-3-7-17(12-16)25-19(27)15-26-10-5-9-24-26/h3,5-7,9-10,12,18H,2,4,8,11,13-15H2,1H3,(H,25,27)(H2,21,22,23). The largest absolute Gasteiger partial charge is 0.376 e. The van der Waals surface area contributed by atoms with E-state index in [0.717, 1.165) is 49.7 Å². The number of anilines is 1. The highest BCUT2D eigenvalue weighted by molar-refractivity contribution is 5.90. The lowest BCUT2D eigenvalue weighted by molar-refractivity contribution is -0.116. The highest BCUT2D eigenvalue weighted by Gasteiger charge is 2.15. The smallest absolute Gasteiger partial charge is 0.246 e. The highest BCUT2D eigenvalue weighted by atomic mass is 16.5. The van der Waals surface area contributed by atoms with Gasteiger partial charge in [0.1, 0.15) is 6.54 Å². The van der Waals surface area contributed by atoms with Crippen LogP contribution in [0, 0.1) is 0 Å². The van der Waals surface area contributed by atoms with E-state index in [0.29, 0.717) is 6.54 Å². The quantitative estimate of drug-likeness (QED) is 0.476. The van der Waals surface area contributed by atoms with Gasteiger partial charge in [-0.05, 0) is 43.5 Å². The predicted molar refractivity (Wildman–Crippen MR) is 109 cm³/mol. The zero-order valence-electron chi connectivity index (χ0n) is 16.2. The molecule has 1 saturated heterocycles. The average Bonchev–Trinajstić information content (AvgIpc) is 3.38. The molecule has 28 heavy (non-hydrogen) atoms. The normalized spacial score (nSPS) is 16.8. The molecule has 8 heteroatoms. The van der Waals surface area contributed by atoms with Crippen molar-refractivity contribution >= 4 is 17.6 Å². The Kier molecular flexibility index (Phi) is 7.43. The van der Waals surface area contributed by atoms with E-state index < -0.39 is 0 Å². The fourth-order valence-corrected chi connectivity index (χ4v) is 3.02. The van der Waals surface area contributed by atoms with Gasteiger partial charge >= 0.3 is 0 Å². The minimum absolute atomic E-state index is 0.115. The van der Waals surface area contributed by atoms with Crippen molar-refractivity contribution < 1.29 is 9.53 Å². The van der Waals surface area contributed by atoms with Crippen LogP contribution in [0.1, 0.15) is 25.3 Å². The van der Waals surface area contributed by atoms with Gasteiger partial charge in [-0.3, -0.25) is 9.48 Å². The topological polar surface area (TPSA) is 92.6 Å². The molecule has 0 bridgehead atoms. The summed E-state index contributed by atoms with van der Waals surface area (Å²) in [5.41, 5.74) is 1.77. The monoisotopic (exact) mass is 384 g/mol. The predicted octanol–water partition coefficient (Wildman–Crippen LogP) is 1.76. The maximum atomic E-state index is 12.1. The fraction of sp³-hybridized carbons (Fsp3) is 0.450. The third-order valence-corrected chi connectivity index (χ3v) is 4.36.